The monoisotopic (exact) mass is 281 g/mol. The third-order valence-corrected chi connectivity index (χ3v) is 4.85. The Morgan fingerprint density at radius 3 is 2.65 bits per heavy atom. The van der Waals surface area contributed by atoms with Gasteiger partial charge < -0.3 is 10.1 Å². The second kappa shape index (κ2) is 6.41. The lowest BCUT2D eigenvalue weighted by Gasteiger charge is -2.25. The van der Waals surface area contributed by atoms with Gasteiger partial charge in [-0.25, -0.2) is 0 Å². The van der Waals surface area contributed by atoms with Gasteiger partial charge in [0.2, 0.25) is 0 Å². The number of likely N-dealkylation sites (tertiary alicyclic amines) is 2. The van der Waals surface area contributed by atoms with E-state index in [1.165, 1.54) is 52.3 Å². The predicted octanol–water partition coefficient (Wildman–Crippen LogP) is 0.450. The van der Waals surface area contributed by atoms with Gasteiger partial charge in [0.25, 0.3) is 0 Å². The molecule has 5 heteroatoms. The van der Waals surface area contributed by atoms with Crippen LogP contribution < -0.4 is 5.32 Å². The van der Waals surface area contributed by atoms with Crippen LogP contribution in [-0.4, -0.2) is 73.7 Å². The number of nitrogens with zero attached hydrogens (tertiary/aromatic N) is 2. The fraction of sp³-hybridized carbons (Fsp3) is 0.933. The van der Waals surface area contributed by atoms with Crippen LogP contribution >= 0.6 is 0 Å². The zero-order valence-corrected chi connectivity index (χ0v) is 12.5. The van der Waals surface area contributed by atoms with Gasteiger partial charge in [-0.05, 0) is 51.7 Å². The average Bonchev–Trinajstić information content (AvgIpc) is 2.95. The topological polar surface area (TPSA) is 44.8 Å². The van der Waals surface area contributed by atoms with Gasteiger partial charge in [0, 0.05) is 25.2 Å². The molecule has 5 nitrogen and oxygen atoms in total. The molecule has 0 radical (unpaired) electrons. The van der Waals surface area contributed by atoms with Crippen LogP contribution in [0.5, 0.6) is 0 Å². The highest BCUT2D eigenvalue weighted by molar-refractivity contribution is 5.76. The molecule has 1 N–H and O–H groups in total. The van der Waals surface area contributed by atoms with E-state index in [0.717, 1.165) is 19.6 Å². The first-order valence-corrected chi connectivity index (χ1v) is 8.06. The van der Waals surface area contributed by atoms with Gasteiger partial charge in [-0.15, -0.1) is 0 Å². The molecule has 3 aliphatic rings. The quantitative estimate of drug-likeness (QED) is 0.716. The summed E-state index contributed by atoms with van der Waals surface area (Å²) in [7, 11) is 1.49. The number of rotatable bonds is 6. The van der Waals surface area contributed by atoms with Gasteiger partial charge in [0.15, 0.2) is 0 Å². The fourth-order valence-corrected chi connectivity index (χ4v) is 3.51. The standard InChI is InChI=1S/C15H27N3O2/c1-20-15(19)14(16-12-4-5-12)11-17-9-6-13(10-17)18-7-2-3-8-18/h12-14,16H,2-11H2,1H3. The van der Waals surface area contributed by atoms with Crippen molar-refractivity contribution in [2.24, 2.45) is 0 Å². The molecule has 0 amide bonds. The summed E-state index contributed by atoms with van der Waals surface area (Å²) in [6, 6.07) is 1.10. The van der Waals surface area contributed by atoms with Crippen LogP contribution in [0.2, 0.25) is 0 Å². The lowest BCUT2D eigenvalue weighted by Crippen LogP contribution is -2.47. The van der Waals surface area contributed by atoms with Gasteiger partial charge in [-0.1, -0.05) is 0 Å². The van der Waals surface area contributed by atoms with Crippen molar-refractivity contribution < 1.29 is 9.53 Å². The molecule has 2 saturated heterocycles. The molecule has 2 heterocycles. The predicted molar refractivity (Wildman–Crippen MR) is 77.6 cm³/mol. The Morgan fingerprint density at radius 1 is 1.25 bits per heavy atom. The summed E-state index contributed by atoms with van der Waals surface area (Å²) in [5.74, 6) is -0.110. The number of hydrogen-bond donors (Lipinski definition) is 1. The Balaban J connectivity index is 1.49. The minimum Gasteiger partial charge on any atom is -0.468 e. The summed E-state index contributed by atoms with van der Waals surface area (Å²) >= 11 is 0. The molecule has 0 bridgehead atoms. The van der Waals surface area contributed by atoms with Crippen LogP contribution in [0.25, 0.3) is 0 Å². The molecule has 3 fully saturated rings. The molecule has 2 unspecified atom stereocenters. The molecule has 114 valence electrons. The lowest BCUT2D eigenvalue weighted by atomic mass is 10.2. The van der Waals surface area contributed by atoms with E-state index in [1.54, 1.807) is 0 Å². The van der Waals surface area contributed by atoms with Crippen molar-refractivity contribution >= 4 is 5.97 Å². The second-order valence-electron chi connectivity index (χ2n) is 6.46. The molecule has 20 heavy (non-hydrogen) atoms. The average molecular weight is 281 g/mol. The van der Waals surface area contributed by atoms with E-state index in [2.05, 4.69) is 15.1 Å². The van der Waals surface area contributed by atoms with Crippen molar-refractivity contribution in [1.29, 1.82) is 0 Å². The van der Waals surface area contributed by atoms with Gasteiger partial charge >= 0.3 is 5.97 Å². The van der Waals surface area contributed by atoms with Gasteiger partial charge in [0.1, 0.15) is 6.04 Å². The van der Waals surface area contributed by atoms with Crippen LogP contribution in [-0.2, 0) is 9.53 Å². The van der Waals surface area contributed by atoms with Crippen molar-refractivity contribution in [1.82, 2.24) is 15.1 Å². The molecule has 2 atom stereocenters. The van der Waals surface area contributed by atoms with Crippen molar-refractivity contribution in [2.45, 2.75) is 50.2 Å². The van der Waals surface area contributed by atoms with Crippen molar-refractivity contribution in [2.75, 3.05) is 39.8 Å². The zero-order valence-electron chi connectivity index (χ0n) is 12.5. The number of ether oxygens (including phenoxy) is 1. The van der Waals surface area contributed by atoms with E-state index in [4.69, 9.17) is 4.74 Å². The summed E-state index contributed by atoms with van der Waals surface area (Å²) < 4.78 is 4.94. The first kappa shape index (κ1) is 14.3. The van der Waals surface area contributed by atoms with Crippen LogP contribution in [0, 0.1) is 0 Å². The van der Waals surface area contributed by atoms with Crippen molar-refractivity contribution in [3.8, 4) is 0 Å². The Kier molecular flexibility index (Phi) is 4.58. The minimum absolute atomic E-state index is 0.110. The maximum Gasteiger partial charge on any atom is 0.324 e. The maximum absolute atomic E-state index is 11.9. The Morgan fingerprint density at radius 2 is 2.00 bits per heavy atom. The van der Waals surface area contributed by atoms with E-state index < -0.39 is 0 Å². The smallest absolute Gasteiger partial charge is 0.324 e. The van der Waals surface area contributed by atoms with E-state index >= 15 is 0 Å². The normalized spacial score (nSPS) is 29.8. The maximum atomic E-state index is 11.9. The largest absolute Gasteiger partial charge is 0.468 e. The molecule has 0 aromatic rings. The van der Waals surface area contributed by atoms with E-state index in [0.29, 0.717) is 12.1 Å². The second-order valence-corrected chi connectivity index (χ2v) is 6.46. The number of carbonyl (C=O) groups is 1. The summed E-state index contributed by atoms with van der Waals surface area (Å²) in [6.07, 6.45) is 6.35. The molecule has 0 aromatic carbocycles. The summed E-state index contributed by atoms with van der Waals surface area (Å²) in [5, 5.41) is 3.42. The number of esters is 1. The highest BCUT2D eigenvalue weighted by Crippen LogP contribution is 2.22. The molecular formula is C15H27N3O2. The molecule has 0 aromatic heterocycles. The lowest BCUT2D eigenvalue weighted by molar-refractivity contribution is -0.143. The summed E-state index contributed by atoms with van der Waals surface area (Å²) in [4.78, 5) is 16.9. The Labute approximate surface area is 121 Å². The molecule has 0 spiro atoms. The van der Waals surface area contributed by atoms with Gasteiger partial charge in [-0.2, -0.15) is 0 Å². The highest BCUT2D eigenvalue weighted by Gasteiger charge is 2.34. The zero-order chi connectivity index (χ0) is 13.9. The Hall–Kier alpha value is -0.650. The summed E-state index contributed by atoms with van der Waals surface area (Å²) in [5.41, 5.74) is 0. The number of carbonyl (C=O) groups excluding carboxylic acids is 1. The fourth-order valence-electron chi connectivity index (χ4n) is 3.51. The van der Waals surface area contributed by atoms with Gasteiger partial charge in [-0.3, -0.25) is 14.6 Å². The molecular weight excluding hydrogens is 254 g/mol. The van der Waals surface area contributed by atoms with Gasteiger partial charge in [0.05, 0.1) is 7.11 Å². The van der Waals surface area contributed by atoms with Crippen molar-refractivity contribution in [3.63, 3.8) is 0 Å². The molecule has 1 saturated carbocycles. The molecule has 3 rings (SSSR count). The number of nitrogens with one attached hydrogen (secondary N) is 1. The third kappa shape index (κ3) is 3.51. The van der Waals surface area contributed by atoms with Crippen molar-refractivity contribution in [3.05, 3.63) is 0 Å². The van der Waals surface area contributed by atoms with E-state index in [1.807, 2.05) is 0 Å². The van der Waals surface area contributed by atoms with Crippen LogP contribution in [0.1, 0.15) is 32.1 Å². The van der Waals surface area contributed by atoms with E-state index in [9.17, 15) is 4.79 Å². The molecule has 1 aliphatic carbocycles. The first-order chi connectivity index (χ1) is 9.76. The summed E-state index contributed by atoms with van der Waals surface area (Å²) in [6.45, 7) is 5.55. The third-order valence-electron chi connectivity index (χ3n) is 4.85. The van der Waals surface area contributed by atoms with Crippen LogP contribution in [0.15, 0.2) is 0 Å². The van der Waals surface area contributed by atoms with E-state index in [-0.39, 0.29) is 12.0 Å². The van der Waals surface area contributed by atoms with Crippen LogP contribution in [0.3, 0.4) is 0 Å². The van der Waals surface area contributed by atoms with Crippen LogP contribution in [0.4, 0.5) is 0 Å². The molecule has 2 aliphatic heterocycles. The Bertz CT molecular complexity index is 340. The first-order valence-electron chi connectivity index (χ1n) is 8.06. The number of methoxy groups -OCH3 is 1. The highest BCUT2D eigenvalue weighted by atomic mass is 16.5. The SMILES string of the molecule is COC(=O)C(CN1CCC(N2CCCC2)C1)NC1CC1. The number of hydrogen-bond acceptors (Lipinski definition) is 5. The minimum atomic E-state index is -0.148.